The van der Waals surface area contributed by atoms with E-state index in [0.29, 0.717) is 29.2 Å². The number of hydrogen-bond acceptors (Lipinski definition) is 5. The molecule has 3 aromatic rings. The number of nitrogens with one attached hydrogen (secondary N) is 1. The van der Waals surface area contributed by atoms with Crippen LogP contribution >= 0.6 is 0 Å². The lowest BCUT2D eigenvalue weighted by atomic mass is 9.79. The highest BCUT2D eigenvalue weighted by Gasteiger charge is 2.42. The third-order valence-corrected chi connectivity index (χ3v) is 9.53. The van der Waals surface area contributed by atoms with Gasteiger partial charge in [-0.25, -0.2) is 9.78 Å². The number of carbonyl (C=O) groups is 2. The molecule has 2 saturated heterocycles. The third kappa shape index (κ3) is 5.67. The van der Waals surface area contributed by atoms with Gasteiger partial charge in [-0.1, -0.05) is 81.0 Å². The maximum Gasteiger partial charge on any atom is 0.330 e. The molecule has 2 bridgehead atoms. The van der Waals surface area contributed by atoms with Crippen molar-refractivity contribution >= 4 is 22.9 Å². The van der Waals surface area contributed by atoms with Gasteiger partial charge in [0.25, 0.3) is 11.5 Å². The first-order chi connectivity index (χ1) is 20.0. The Kier molecular flexibility index (Phi) is 8.19. The largest absolute Gasteiger partial charge is 0.479 e. The molecule has 1 saturated carbocycles. The van der Waals surface area contributed by atoms with Crippen molar-refractivity contribution < 1.29 is 14.7 Å². The summed E-state index contributed by atoms with van der Waals surface area (Å²) in [4.78, 5) is 46.9. The molecule has 3 fully saturated rings. The topological polar surface area (TPSA) is 105 Å². The number of amides is 1. The molecule has 3 heterocycles. The number of para-hydroxylation sites is 2. The minimum Gasteiger partial charge on any atom is -0.479 e. The number of nitrogens with zero attached hydrogens (tertiary/aromatic N) is 3. The summed E-state index contributed by atoms with van der Waals surface area (Å²) < 4.78 is 1.80. The molecule has 1 amide bonds. The minimum atomic E-state index is -1.28. The summed E-state index contributed by atoms with van der Waals surface area (Å²) in [6, 6.07) is 16.2. The first-order valence-electron chi connectivity index (χ1n) is 15.4. The molecule has 1 aromatic heterocycles. The van der Waals surface area contributed by atoms with E-state index in [1.165, 1.54) is 51.4 Å². The standard InChI is InChI=1S/C33H40N4O4/c38-31(35-29(33(40)41)22-12-5-4-6-13-22)30-32(39)37(28-19-10-9-18-27(28)34-30)26-20-24-16-11-17-25(21-26)36(24)23-14-7-2-1-3-8-15-23/h4-6,9-10,12-13,18-19,23-26,29H,1-3,7-8,11,14-17,20-21H2,(H,35,38)(H,40,41)/t24-,25+,26?,29-/m0/s1. The summed E-state index contributed by atoms with van der Waals surface area (Å²) in [5.41, 5.74) is 1.04. The predicted molar refractivity (Wildman–Crippen MR) is 158 cm³/mol. The van der Waals surface area contributed by atoms with Gasteiger partial charge in [0.1, 0.15) is 0 Å². The number of aliphatic carboxylic acids is 1. The molecule has 4 atom stereocenters. The molecule has 1 unspecified atom stereocenters. The van der Waals surface area contributed by atoms with Gasteiger partial charge in [0.15, 0.2) is 11.7 Å². The number of carbonyl (C=O) groups excluding carboxylic acids is 1. The molecule has 0 radical (unpaired) electrons. The van der Waals surface area contributed by atoms with E-state index < -0.39 is 23.5 Å². The normalized spacial score (nSPS) is 24.7. The summed E-state index contributed by atoms with van der Waals surface area (Å²) in [5.74, 6) is -1.96. The molecule has 1 aliphatic carbocycles. The van der Waals surface area contributed by atoms with Gasteiger partial charge in [0, 0.05) is 24.2 Å². The van der Waals surface area contributed by atoms with E-state index in [0.717, 1.165) is 31.2 Å². The molecule has 216 valence electrons. The monoisotopic (exact) mass is 556 g/mol. The van der Waals surface area contributed by atoms with E-state index in [2.05, 4.69) is 15.2 Å². The molecular weight excluding hydrogens is 516 g/mol. The average Bonchev–Trinajstić information content (AvgIpc) is 2.95. The lowest BCUT2D eigenvalue weighted by molar-refractivity contribution is -0.139. The van der Waals surface area contributed by atoms with E-state index in [1.54, 1.807) is 34.9 Å². The molecule has 2 aromatic carbocycles. The Balaban J connectivity index is 1.33. The first kappa shape index (κ1) is 27.6. The summed E-state index contributed by atoms with van der Waals surface area (Å²) in [7, 11) is 0. The zero-order valence-electron chi connectivity index (χ0n) is 23.6. The zero-order valence-corrected chi connectivity index (χ0v) is 23.6. The van der Waals surface area contributed by atoms with Crippen molar-refractivity contribution in [2.75, 3.05) is 0 Å². The van der Waals surface area contributed by atoms with Gasteiger partial charge in [0.2, 0.25) is 0 Å². The number of piperidine rings is 2. The Morgan fingerprint density at radius 3 is 2.07 bits per heavy atom. The fourth-order valence-electron chi connectivity index (χ4n) is 7.73. The third-order valence-electron chi connectivity index (χ3n) is 9.53. The quantitative estimate of drug-likeness (QED) is 0.408. The lowest BCUT2D eigenvalue weighted by Crippen LogP contribution is -2.57. The van der Waals surface area contributed by atoms with E-state index in [-0.39, 0.29) is 11.7 Å². The molecule has 0 spiro atoms. The predicted octanol–water partition coefficient (Wildman–Crippen LogP) is 5.62. The van der Waals surface area contributed by atoms with E-state index in [4.69, 9.17) is 0 Å². The smallest absolute Gasteiger partial charge is 0.330 e. The van der Waals surface area contributed by atoms with Crippen LogP contribution < -0.4 is 10.9 Å². The van der Waals surface area contributed by atoms with Gasteiger partial charge in [-0.2, -0.15) is 0 Å². The highest BCUT2D eigenvalue weighted by Crippen LogP contribution is 2.42. The van der Waals surface area contributed by atoms with Crippen LogP contribution in [-0.2, 0) is 4.79 Å². The molecule has 8 nitrogen and oxygen atoms in total. The van der Waals surface area contributed by atoms with E-state index in [9.17, 15) is 19.5 Å². The van der Waals surface area contributed by atoms with Gasteiger partial charge in [0.05, 0.1) is 11.0 Å². The van der Waals surface area contributed by atoms with Crippen molar-refractivity contribution in [3.63, 3.8) is 0 Å². The van der Waals surface area contributed by atoms with Crippen molar-refractivity contribution in [3.8, 4) is 0 Å². The highest BCUT2D eigenvalue weighted by molar-refractivity contribution is 5.96. The second-order valence-corrected chi connectivity index (χ2v) is 12.1. The molecule has 41 heavy (non-hydrogen) atoms. The zero-order chi connectivity index (χ0) is 28.3. The number of hydrogen-bond donors (Lipinski definition) is 2. The highest BCUT2D eigenvalue weighted by atomic mass is 16.4. The lowest BCUT2D eigenvalue weighted by Gasteiger charge is -2.53. The summed E-state index contributed by atoms with van der Waals surface area (Å²) in [5, 5.41) is 12.4. The van der Waals surface area contributed by atoms with Crippen molar-refractivity contribution in [2.45, 2.75) is 107 Å². The van der Waals surface area contributed by atoms with Crippen molar-refractivity contribution in [1.82, 2.24) is 19.8 Å². The Bertz CT molecular complexity index is 1430. The van der Waals surface area contributed by atoms with Crippen molar-refractivity contribution in [2.24, 2.45) is 0 Å². The van der Waals surface area contributed by atoms with Crippen LogP contribution in [0.4, 0.5) is 0 Å². The summed E-state index contributed by atoms with van der Waals surface area (Å²) >= 11 is 0. The summed E-state index contributed by atoms with van der Waals surface area (Å²) in [6.07, 6.45) is 14.4. The van der Waals surface area contributed by atoms with Crippen molar-refractivity contribution in [3.05, 3.63) is 76.2 Å². The molecule has 8 heteroatoms. The van der Waals surface area contributed by atoms with E-state index in [1.807, 2.05) is 24.3 Å². The minimum absolute atomic E-state index is 0.0357. The fourth-order valence-corrected chi connectivity index (χ4v) is 7.73. The van der Waals surface area contributed by atoms with Gasteiger partial charge in [-0.05, 0) is 56.2 Å². The number of benzene rings is 2. The van der Waals surface area contributed by atoms with Crippen LogP contribution in [0.25, 0.3) is 11.0 Å². The van der Waals surface area contributed by atoms with Crippen LogP contribution in [0.3, 0.4) is 0 Å². The Morgan fingerprint density at radius 2 is 1.39 bits per heavy atom. The van der Waals surface area contributed by atoms with Crippen LogP contribution in [0.15, 0.2) is 59.4 Å². The number of carboxylic acid groups (broad SMARTS) is 1. The van der Waals surface area contributed by atoms with Gasteiger partial charge in [-0.15, -0.1) is 0 Å². The van der Waals surface area contributed by atoms with Crippen molar-refractivity contribution in [1.29, 1.82) is 0 Å². The van der Waals surface area contributed by atoms with Crippen LogP contribution in [-0.4, -0.2) is 49.6 Å². The molecule has 6 rings (SSSR count). The Labute approximate surface area is 240 Å². The maximum absolute atomic E-state index is 14.1. The number of carboxylic acids is 1. The maximum atomic E-state index is 14.1. The first-order valence-corrected chi connectivity index (χ1v) is 15.4. The molecule has 3 aliphatic rings. The van der Waals surface area contributed by atoms with Crippen LogP contribution in [0.2, 0.25) is 0 Å². The number of aromatic nitrogens is 2. The number of rotatable bonds is 6. The molecule has 2 N–H and O–H groups in total. The van der Waals surface area contributed by atoms with Crippen LogP contribution in [0, 0.1) is 0 Å². The molecular formula is C33H40N4O4. The van der Waals surface area contributed by atoms with Crippen LogP contribution in [0.1, 0.15) is 105 Å². The Hall–Kier alpha value is -3.52. The Morgan fingerprint density at radius 1 is 0.780 bits per heavy atom. The number of fused-ring (bicyclic) bond motifs is 3. The average molecular weight is 557 g/mol. The second kappa shape index (κ2) is 12.1. The van der Waals surface area contributed by atoms with Gasteiger partial charge >= 0.3 is 5.97 Å². The second-order valence-electron chi connectivity index (χ2n) is 12.1. The molecule has 2 aliphatic heterocycles. The summed E-state index contributed by atoms with van der Waals surface area (Å²) in [6.45, 7) is 0. The van der Waals surface area contributed by atoms with E-state index >= 15 is 0 Å². The SMILES string of the molecule is O=C(N[C@H](C(=O)O)c1ccccc1)c1nc2ccccc2n(C2C[C@H]3CCC[C@@H](C2)N3C2CCCCCCC2)c1=O. The van der Waals surface area contributed by atoms with Gasteiger partial charge < -0.3 is 15.0 Å². The fraction of sp³-hybridized carbons (Fsp3) is 0.515. The van der Waals surface area contributed by atoms with Gasteiger partial charge in [-0.3, -0.25) is 14.5 Å². The van der Waals surface area contributed by atoms with Crippen LogP contribution in [0.5, 0.6) is 0 Å².